The van der Waals surface area contributed by atoms with E-state index in [1.165, 1.54) is 0 Å². The first kappa shape index (κ1) is 19.5. The lowest BCUT2D eigenvalue weighted by Crippen LogP contribution is -2.41. The molecule has 27 heavy (non-hydrogen) atoms. The van der Waals surface area contributed by atoms with Crippen molar-refractivity contribution in [3.05, 3.63) is 82.0 Å². The minimum atomic E-state index is -0.713. The van der Waals surface area contributed by atoms with E-state index in [9.17, 15) is 9.59 Å². The van der Waals surface area contributed by atoms with Gasteiger partial charge in [0.2, 0.25) is 5.91 Å². The number of amides is 1. The van der Waals surface area contributed by atoms with Gasteiger partial charge in [0, 0.05) is 24.5 Å². The fourth-order valence-corrected chi connectivity index (χ4v) is 3.72. The molecule has 1 aliphatic heterocycles. The number of hydrogen-bond acceptors (Lipinski definition) is 3. The molecule has 0 aliphatic carbocycles. The van der Waals surface area contributed by atoms with Gasteiger partial charge in [0.15, 0.2) is 0 Å². The van der Waals surface area contributed by atoms with Crippen LogP contribution in [0.3, 0.4) is 0 Å². The summed E-state index contributed by atoms with van der Waals surface area (Å²) < 4.78 is 5.49. The number of ether oxygens (including phenoxy) is 1. The molecule has 1 heterocycles. The van der Waals surface area contributed by atoms with Crippen molar-refractivity contribution >= 4 is 35.1 Å². The van der Waals surface area contributed by atoms with Crippen molar-refractivity contribution in [2.75, 3.05) is 6.61 Å². The third-order valence-corrected chi connectivity index (χ3v) is 5.43. The van der Waals surface area contributed by atoms with Crippen LogP contribution in [-0.4, -0.2) is 18.5 Å². The Balaban J connectivity index is 1.77. The first-order valence-electron chi connectivity index (χ1n) is 8.60. The SMILES string of the molecule is C=C1NC(=O)CC(c2cccc(Cl)c2Cl)C1C(=O)OCCc1ccccc1. The number of rotatable bonds is 5. The Morgan fingerprint density at radius 1 is 1.15 bits per heavy atom. The van der Waals surface area contributed by atoms with E-state index in [1.807, 2.05) is 30.3 Å². The molecule has 3 rings (SSSR count). The highest BCUT2D eigenvalue weighted by molar-refractivity contribution is 6.42. The molecular weight excluding hydrogens is 385 g/mol. The Bertz CT molecular complexity index is 867. The minimum absolute atomic E-state index is 0.109. The molecule has 0 spiro atoms. The van der Waals surface area contributed by atoms with Crippen molar-refractivity contribution in [1.29, 1.82) is 0 Å². The number of carbonyl (C=O) groups is 2. The van der Waals surface area contributed by atoms with E-state index >= 15 is 0 Å². The van der Waals surface area contributed by atoms with Crippen LogP contribution in [-0.2, 0) is 20.7 Å². The molecule has 2 unspecified atom stereocenters. The van der Waals surface area contributed by atoms with E-state index in [1.54, 1.807) is 18.2 Å². The number of carbonyl (C=O) groups excluding carboxylic acids is 2. The summed E-state index contributed by atoms with van der Waals surface area (Å²) in [5.74, 6) is -1.83. The maximum absolute atomic E-state index is 12.8. The highest BCUT2D eigenvalue weighted by atomic mass is 35.5. The zero-order valence-corrected chi connectivity index (χ0v) is 16.1. The Labute approximate surface area is 168 Å². The lowest BCUT2D eigenvalue weighted by Gasteiger charge is -2.32. The topological polar surface area (TPSA) is 55.4 Å². The van der Waals surface area contributed by atoms with Crippen LogP contribution in [0.15, 0.2) is 60.8 Å². The number of esters is 1. The summed E-state index contributed by atoms with van der Waals surface area (Å²) in [5.41, 5.74) is 2.04. The third kappa shape index (κ3) is 4.52. The Morgan fingerprint density at radius 3 is 2.63 bits per heavy atom. The van der Waals surface area contributed by atoms with Crippen LogP contribution < -0.4 is 5.32 Å². The Kier molecular flexibility index (Phi) is 6.19. The van der Waals surface area contributed by atoms with E-state index in [4.69, 9.17) is 27.9 Å². The number of hydrogen-bond donors (Lipinski definition) is 1. The largest absolute Gasteiger partial charge is 0.465 e. The monoisotopic (exact) mass is 403 g/mol. The van der Waals surface area contributed by atoms with E-state index in [-0.39, 0.29) is 18.9 Å². The van der Waals surface area contributed by atoms with Crippen molar-refractivity contribution in [3.8, 4) is 0 Å². The maximum atomic E-state index is 12.8. The second-order valence-electron chi connectivity index (χ2n) is 6.41. The van der Waals surface area contributed by atoms with Gasteiger partial charge in [-0.25, -0.2) is 0 Å². The molecule has 2 aromatic carbocycles. The van der Waals surface area contributed by atoms with Gasteiger partial charge in [0.25, 0.3) is 0 Å². The molecule has 2 atom stereocenters. The van der Waals surface area contributed by atoms with Gasteiger partial charge in [0.05, 0.1) is 16.7 Å². The van der Waals surface area contributed by atoms with Gasteiger partial charge in [-0.2, -0.15) is 0 Å². The van der Waals surface area contributed by atoms with Gasteiger partial charge >= 0.3 is 5.97 Å². The van der Waals surface area contributed by atoms with Crippen molar-refractivity contribution < 1.29 is 14.3 Å². The molecule has 0 saturated carbocycles. The van der Waals surface area contributed by atoms with Crippen LogP contribution in [0, 0.1) is 5.92 Å². The second-order valence-corrected chi connectivity index (χ2v) is 7.19. The summed E-state index contributed by atoms with van der Waals surface area (Å²) in [6.45, 7) is 4.10. The van der Waals surface area contributed by atoms with Gasteiger partial charge in [-0.15, -0.1) is 0 Å². The molecular formula is C21H19Cl2NO3. The van der Waals surface area contributed by atoms with Crippen LogP contribution in [0.25, 0.3) is 0 Å². The molecule has 1 N–H and O–H groups in total. The summed E-state index contributed by atoms with van der Waals surface area (Å²) in [6.07, 6.45) is 0.720. The number of nitrogens with one attached hydrogen (secondary N) is 1. The van der Waals surface area contributed by atoms with Gasteiger partial charge in [-0.05, 0) is 17.2 Å². The number of benzene rings is 2. The van der Waals surface area contributed by atoms with Gasteiger partial charge < -0.3 is 10.1 Å². The summed E-state index contributed by atoms with van der Waals surface area (Å²) in [4.78, 5) is 24.8. The second kappa shape index (κ2) is 8.59. The lowest BCUT2D eigenvalue weighted by molar-refractivity contribution is -0.149. The molecule has 0 bridgehead atoms. The van der Waals surface area contributed by atoms with Crippen molar-refractivity contribution in [1.82, 2.24) is 5.32 Å². The van der Waals surface area contributed by atoms with Crippen molar-refractivity contribution in [3.63, 3.8) is 0 Å². The van der Waals surface area contributed by atoms with E-state index in [2.05, 4.69) is 11.9 Å². The standard InChI is InChI=1S/C21H19Cl2NO3/c1-13-19(21(26)27-11-10-14-6-3-2-4-7-14)16(12-18(25)24-13)15-8-5-9-17(22)20(15)23/h2-9,16,19H,1,10-12H2,(H,24,25). The molecule has 0 radical (unpaired) electrons. The fraction of sp³-hybridized carbons (Fsp3) is 0.238. The third-order valence-electron chi connectivity index (χ3n) is 4.60. The molecule has 1 amide bonds. The molecule has 1 fully saturated rings. The predicted molar refractivity (Wildman–Crippen MR) is 106 cm³/mol. The molecule has 4 nitrogen and oxygen atoms in total. The average Bonchev–Trinajstić information content (AvgIpc) is 2.64. The fourth-order valence-electron chi connectivity index (χ4n) is 3.28. The first-order chi connectivity index (χ1) is 13.0. The van der Waals surface area contributed by atoms with Gasteiger partial charge in [-0.3, -0.25) is 9.59 Å². The van der Waals surface area contributed by atoms with Crippen LogP contribution in [0.4, 0.5) is 0 Å². The molecule has 1 saturated heterocycles. The average molecular weight is 404 g/mol. The zero-order valence-electron chi connectivity index (χ0n) is 14.6. The zero-order chi connectivity index (χ0) is 19.4. The smallest absolute Gasteiger partial charge is 0.315 e. The normalized spacial score (nSPS) is 19.5. The summed E-state index contributed by atoms with van der Waals surface area (Å²) in [7, 11) is 0. The number of halogens is 2. The van der Waals surface area contributed by atoms with Crippen LogP contribution in [0.2, 0.25) is 10.0 Å². The predicted octanol–water partition coefficient (Wildman–Crippen LogP) is 4.51. The molecule has 6 heteroatoms. The van der Waals surface area contributed by atoms with Gasteiger partial charge in [0.1, 0.15) is 5.92 Å². The Morgan fingerprint density at radius 2 is 1.89 bits per heavy atom. The summed E-state index contributed by atoms with van der Waals surface area (Å²) in [6, 6.07) is 14.9. The van der Waals surface area contributed by atoms with Crippen LogP contribution in [0.5, 0.6) is 0 Å². The first-order valence-corrected chi connectivity index (χ1v) is 9.36. The molecule has 1 aliphatic rings. The lowest BCUT2D eigenvalue weighted by atomic mass is 9.79. The summed E-state index contributed by atoms with van der Waals surface area (Å²) in [5, 5.41) is 3.36. The summed E-state index contributed by atoms with van der Waals surface area (Å²) >= 11 is 12.4. The van der Waals surface area contributed by atoms with E-state index in [0.29, 0.717) is 27.7 Å². The quantitative estimate of drug-likeness (QED) is 0.746. The van der Waals surface area contributed by atoms with Crippen LogP contribution >= 0.6 is 23.2 Å². The highest BCUT2D eigenvalue weighted by Crippen LogP contribution is 2.41. The molecule has 0 aromatic heterocycles. The minimum Gasteiger partial charge on any atom is -0.465 e. The highest BCUT2D eigenvalue weighted by Gasteiger charge is 2.40. The van der Waals surface area contributed by atoms with Crippen molar-refractivity contribution in [2.24, 2.45) is 5.92 Å². The maximum Gasteiger partial charge on any atom is 0.315 e. The van der Waals surface area contributed by atoms with Crippen LogP contribution in [0.1, 0.15) is 23.5 Å². The van der Waals surface area contributed by atoms with Crippen molar-refractivity contribution in [2.45, 2.75) is 18.8 Å². The molecule has 140 valence electrons. The molecule has 2 aromatic rings. The van der Waals surface area contributed by atoms with E-state index < -0.39 is 17.8 Å². The van der Waals surface area contributed by atoms with Gasteiger partial charge in [-0.1, -0.05) is 72.2 Å². The Hall–Kier alpha value is -2.30. The number of piperidine rings is 1. The van der Waals surface area contributed by atoms with E-state index in [0.717, 1.165) is 5.56 Å².